The Morgan fingerprint density at radius 3 is 2.59 bits per heavy atom. The summed E-state index contributed by atoms with van der Waals surface area (Å²) in [4.78, 5) is 14.4. The van der Waals surface area contributed by atoms with E-state index in [1.54, 1.807) is 5.56 Å². The average Bonchev–Trinajstić information content (AvgIpc) is 3.23. The van der Waals surface area contributed by atoms with Gasteiger partial charge in [-0.25, -0.2) is 0 Å². The molecule has 2 aliphatic heterocycles. The van der Waals surface area contributed by atoms with Crippen LogP contribution in [0, 0.1) is 11.8 Å². The Morgan fingerprint density at radius 1 is 1.07 bits per heavy atom. The largest absolute Gasteiger partial charge is 0.493 e. The van der Waals surface area contributed by atoms with Crippen molar-refractivity contribution in [3.05, 3.63) is 29.3 Å². The maximum absolute atomic E-state index is 11.7. The summed E-state index contributed by atoms with van der Waals surface area (Å²) in [5.41, 5.74) is 3.02. The van der Waals surface area contributed by atoms with Gasteiger partial charge in [-0.05, 0) is 81.1 Å². The van der Waals surface area contributed by atoms with Gasteiger partial charge in [0.05, 0.1) is 6.61 Å². The van der Waals surface area contributed by atoms with Crippen LogP contribution in [0.4, 0.5) is 0 Å². The van der Waals surface area contributed by atoms with E-state index in [0.717, 1.165) is 24.7 Å². The first-order valence-corrected chi connectivity index (χ1v) is 11.8. The fourth-order valence-corrected chi connectivity index (χ4v) is 5.74. The summed E-state index contributed by atoms with van der Waals surface area (Å²) in [5.74, 6) is 3.48. The van der Waals surface area contributed by atoms with Gasteiger partial charge in [0.25, 0.3) is 0 Å². The molecule has 0 aromatic heterocycles. The summed E-state index contributed by atoms with van der Waals surface area (Å²) in [5, 5.41) is 8.89. The average molecular weight is 400 g/mol. The normalized spacial score (nSPS) is 25.6. The van der Waals surface area contributed by atoms with E-state index in [9.17, 15) is 4.79 Å². The topological polar surface area (TPSA) is 49.8 Å². The molecule has 160 valence electrons. The Balaban J connectivity index is 1.16. The molecule has 0 unspecified atom stereocenters. The number of benzene rings is 1. The summed E-state index contributed by atoms with van der Waals surface area (Å²) < 4.78 is 5.76. The highest BCUT2D eigenvalue weighted by Gasteiger charge is 2.27. The SMILES string of the molecule is O=C(CCO)CC1CCC(CCN2CCC(c3cccc4c3CCO4)CC2)CC1. The number of likely N-dealkylation sites (tertiary alicyclic amines) is 1. The van der Waals surface area contributed by atoms with Crippen molar-refractivity contribution >= 4 is 5.78 Å². The van der Waals surface area contributed by atoms with Gasteiger partial charge in [0.2, 0.25) is 0 Å². The zero-order valence-corrected chi connectivity index (χ0v) is 17.8. The molecule has 3 aliphatic rings. The number of piperidine rings is 1. The summed E-state index contributed by atoms with van der Waals surface area (Å²) in [7, 11) is 0. The molecule has 0 amide bonds. The van der Waals surface area contributed by atoms with Gasteiger partial charge in [0.1, 0.15) is 11.5 Å². The molecule has 1 aliphatic carbocycles. The smallest absolute Gasteiger partial charge is 0.135 e. The molecule has 0 bridgehead atoms. The van der Waals surface area contributed by atoms with Gasteiger partial charge in [-0.15, -0.1) is 0 Å². The lowest BCUT2D eigenvalue weighted by atomic mass is 9.78. The number of aliphatic hydroxyl groups is 1. The highest BCUT2D eigenvalue weighted by Crippen LogP contribution is 2.37. The Morgan fingerprint density at radius 2 is 1.83 bits per heavy atom. The van der Waals surface area contributed by atoms with E-state index < -0.39 is 0 Å². The lowest BCUT2D eigenvalue weighted by molar-refractivity contribution is -0.120. The van der Waals surface area contributed by atoms with Gasteiger partial charge < -0.3 is 14.7 Å². The quantitative estimate of drug-likeness (QED) is 0.706. The van der Waals surface area contributed by atoms with Crippen LogP contribution in [0.1, 0.15) is 74.8 Å². The van der Waals surface area contributed by atoms with Crippen molar-refractivity contribution in [3.8, 4) is 5.75 Å². The van der Waals surface area contributed by atoms with Crippen LogP contribution in [0.2, 0.25) is 0 Å². The van der Waals surface area contributed by atoms with Crippen molar-refractivity contribution in [2.75, 3.05) is 32.8 Å². The van der Waals surface area contributed by atoms with Crippen LogP contribution < -0.4 is 4.74 Å². The second kappa shape index (κ2) is 10.1. The number of carbonyl (C=O) groups is 1. The van der Waals surface area contributed by atoms with Crippen molar-refractivity contribution in [2.24, 2.45) is 11.8 Å². The Labute approximate surface area is 175 Å². The molecular weight excluding hydrogens is 362 g/mol. The molecule has 1 N–H and O–H groups in total. The van der Waals surface area contributed by atoms with E-state index in [1.807, 2.05) is 0 Å². The molecule has 4 nitrogen and oxygen atoms in total. The van der Waals surface area contributed by atoms with Crippen LogP contribution >= 0.6 is 0 Å². The number of nitrogens with zero attached hydrogens (tertiary/aromatic N) is 1. The third-order valence-electron chi connectivity index (χ3n) is 7.53. The number of ether oxygens (including phenoxy) is 1. The maximum Gasteiger partial charge on any atom is 0.135 e. The van der Waals surface area contributed by atoms with Gasteiger partial charge in [-0.2, -0.15) is 0 Å². The van der Waals surface area contributed by atoms with Crippen molar-refractivity contribution < 1.29 is 14.6 Å². The number of fused-ring (bicyclic) bond motifs is 1. The summed E-state index contributed by atoms with van der Waals surface area (Å²) in [6, 6.07) is 6.62. The zero-order valence-electron chi connectivity index (χ0n) is 17.8. The lowest BCUT2D eigenvalue weighted by Gasteiger charge is -2.35. The molecule has 1 aromatic rings. The summed E-state index contributed by atoms with van der Waals surface area (Å²) >= 11 is 0. The molecule has 1 aromatic carbocycles. The number of aliphatic hydroxyl groups excluding tert-OH is 1. The van der Waals surface area contributed by atoms with Gasteiger partial charge in [-0.1, -0.05) is 25.0 Å². The number of rotatable bonds is 8. The highest BCUT2D eigenvalue weighted by molar-refractivity contribution is 5.78. The summed E-state index contributed by atoms with van der Waals surface area (Å²) in [6.07, 6.45) is 10.9. The first kappa shape index (κ1) is 20.9. The summed E-state index contributed by atoms with van der Waals surface area (Å²) in [6.45, 7) is 4.54. The van der Waals surface area contributed by atoms with Crippen LogP contribution in [0.25, 0.3) is 0 Å². The molecule has 0 spiro atoms. The molecule has 29 heavy (non-hydrogen) atoms. The zero-order chi connectivity index (χ0) is 20.1. The molecule has 4 rings (SSSR count). The Bertz CT molecular complexity index is 673. The minimum Gasteiger partial charge on any atom is -0.493 e. The second-order valence-corrected chi connectivity index (χ2v) is 9.43. The fraction of sp³-hybridized carbons (Fsp3) is 0.720. The predicted octanol–water partition coefficient (Wildman–Crippen LogP) is 4.34. The Kier molecular flexibility index (Phi) is 7.25. The van der Waals surface area contributed by atoms with E-state index in [4.69, 9.17) is 9.84 Å². The van der Waals surface area contributed by atoms with Gasteiger partial charge in [0.15, 0.2) is 0 Å². The van der Waals surface area contributed by atoms with Crippen LogP contribution in [0.15, 0.2) is 18.2 Å². The third kappa shape index (κ3) is 5.40. The molecule has 2 fully saturated rings. The number of ketones is 1. The van der Waals surface area contributed by atoms with Gasteiger partial charge in [0, 0.05) is 31.4 Å². The predicted molar refractivity (Wildman–Crippen MR) is 115 cm³/mol. The molecule has 1 saturated heterocycles. The molecule has 0 atom stereocenters. The number of carbonyl (C=O) groups excluding carboxylic acids is 1. The van der Waals surface area contributed by atoms with Crippen molar-refractivity contribution in [2.45, 2.75) is 70.1 Å². The highest BCUT2D eigenvalue weighted by atomic mass is 16.5. The standard InChI is InChI=1S/C25H37NO3/c27-16-11-22(28)18-20-6-4-19(5-7-20)8-13-26-14-9-21(10-15-26)23-2-1-3-25-24(23)12-17-29-25/h1-3,19-21,27H,4-18H2. The minimum absolute atomic E-state index is 0.00535. The van der Waals surface area contributed by atoms with E-state index in [2.05, 4.69) is 23.1 Å². The second-order valence-electron chi connectivity index (χ2n) is 9.43. The fourth-order valence-electron chi connectivity index (χ4n) is 5.74. The van der Waals surface area contributed by atoms with E-state index in [-0.39, 0.29) is 12.4 Å². The third-order valence-corrected chi connectivity index (χ3v) is 7.53. The minimum atomic E-state index is 0.00535. The first-order chi connectivity index (χ1) is 14.2. The molecule has 2 heterocycles. The molecule has 4 heteroatoms. The van der Waals surface area contributed by atoms with E-state index in [0.29, 0.717) is 24.7 Å². The number of hydrogen-bond donors (Lipinski definition) is 1. The Hall–Kier alpha value is -1.39. The van der Waals surface area contributed by atoms with E-state index in [1.165, 1.54) is 70.1 Å². The van der Waals surface area contributed by atoms with Crippen LogP contribution in [-0.2, 0) is 11.2 Å². The van der Waals surface area contributed by atoms with Crippen LogP contribution in [0.3, 0.4) is 0 Å². The van der Waals surface area contributed by atoms with Crippen LogP contribution in [0.5, 0.6) is 5.75 Å². The van der Waals surface area contributed by atoms with Crippen LogP contribution in [-0.4, -0.2) is 48.6 Å². The number of hydrogen-bond acceptors (Lipinski definition) is 4. The molecular formula is C25H37NO3. The van der Waals surface area contributed by atoms with Gasteiger partial charge >= 0.3 is 0 Å². The monoisotopic (exact) mass is 399 g/mol. The van der Waals surface area contributed by atoms with Crippen molar-refractivity contribution in [1.82, 2.24) is 4.90 Å². The molecule has 1 saturated carbocycles. The van der Waals surface area contributed by atoms with Crippen molar-refractivity contribution in [3.63, 3.8) is 0 Å². The molecule has 0 radical (unpaired) electrons. The van der Waals surface area contributed by atoms with E-state index >= 15 is 0 Å². The maximum atomic E-state index is 11.7. The van der Waals surface area contributed by atoms with Gasteiger partial charge in [-0.3, -0.25) is 4.79 Å². The first-order valence-electron chi connectivity index (χ1n) is 11.8. The lowest BCUT2D eigenvalue weighted by Crippen LogP contribution is -2.35. The van der Waals surface area contributed by atoms with Crippen molar-refractivity contribution in [1.29, 1.82) is 0 Å². The number of Topliss-reactive ketones (excluding diaryl/α,β-unsaturated/α-hetero) is 1.